The summed E-state index contributed by atoms with van der Waals surface area (Å²) in [5.41, 5.74) is 1.59. The first kappa shape index (κ1) is 18.5. The van der Waals surface area contributed by atoms with E-state index in [1.807, 2.05) is 20.8 Å². The Balaban J connectivity index is 1.90. The van der Waals surface area contributed by atoms with Gasteiger partial charge in [-0.05, 0) is 39.0 Å². The lowest BCUT2D eigenvalue weighted by molar-refractivity contribution is 0.143. The van der Waals surface area contributed by atoms with E-state index in [0.717, 1.165) is 10.9 Å². The predicted molar refractivity (Wildman–Crippen MR) is 108 cm³/mol. The molecule has 1 aromatic carbocycles. The van der Waals surface area contributed by atoms with Crippen LogP contribution in [0.25, 0.3) is 11.0 Å². The van der Waals surface area contributed by atoms with E-state index in [9.17, 15) is 13.2 Å². The molecule has 3 aromatic rings. The average Bonchev–Trinajstić information content (AvgIpc) is 3.09. The normalized spacial score (nSPS) is 15.2. The van der Waals surface area contributed by atoms with Crippen LogP contribution in [0.3, 0.4) is 0 Å². The molecule has 2 amide bonds. The molecule has 2 aromatic heterocycles. The summed E-state index contributed by atoms with van der Waals surface area (Å²) in [6, 6.07) is 9.94. The molecule has 7 nitrogen and oxygen atoms in total. The fourth-order valence-corrected chi connectivity index (χ4v) is 4.82. The molecule has 4 rings (SSSR count). The van der Waals surface area contributed by atoms with Gasteiger partial charge in [0.25, 0.3) is 10.0 Å². The Hall–Kier alpha value is -2.87. The van der Waals surface area contributed by atoms with E-state index in [1.165, 1.54) is 10.2 Å². The number of nitrogens with zero attached hydrogens (tertiary/aromatic N) is 4. The van der Waals surface area contributed by atoms with Gasteiger partial charge in [0.05, 0.1) is 23.3 Å². The van der Waals surface area contributed by atoms with Crippen LogP contribution in [0.2, 0.25) is 0 Å². The van der Waals surface area contributed by atoms with E-state index in [-0.39, 0.29) is 16.5 Å². The highest BCUT2D eigenvalue weighted by molar-refractivity contribution is 7.90. The highest BCUT2D eigenvalue weighted by Gasteiger charge is 2.36. The summed E-state index contributed by atoms with van der Waals surface area (Å²) in [6.45, 7) is 6.34. The van der Waals surface area contributed by atoms with Crippen molar-refractivity contribution < 1.29 is 13.2 Å². The lowest BCUT2D eigenvalue weighted by atomic mass is 10.0. The van der Waals surface area contributed by atoms with Crippen molar-refractivity contribution in [2.75, 3.05) is 11.9 Å². The minimum Gasteiger partial charge on any atom is -0.315 e. The molecule has 28 heavy (non-hydrogen) atoms. The molecule has 0 unspecified atom stereocenters. The summed E-state index contributed by atoms with van der Waals surface area (Å²) >= 11 is 0. The molecule has 0 atom stereocenters. The van der Waals surface area contributed by atoms with Gasteiger partial charge in [-0.25, -0.2) is 22.2 Å². The van der Waals surface area contributed by atoms with Gasteiger partial charge in [-0.2, -0.15) is 0 Å². The summed E-state index contributed by atoms with van der Waals surface area (Å²) in [5.74, 6) is 0. The van der Waals surface area contributed by atoms with Crippen LogP contribution in [0.4, 0.5) is 10.5 Å². The quantitative estimate of drug-likeness (QED) is 0.663. The van der Waals surface area contributed by atoms with Crippen LogP contribution < -0.4 is 4.90 Å². The van der Waals surface area contributed by atoms with Crippen LogP contribution in [-0.4, -0.2) is 40.9 Å². The second-order valence-corrected chi connectivity index (χ2v) is 9.70. The van der Waals surface area contributed by atoms with Crippen molar-refractivity contribution in [3.8, 4) is 0 Å². The molecule has 8 heteroatoms. The molecule has 0 saturated heterocycles. The zero-order valence-electron chi connectivity index (χ0n) is 16.2. The largest absolute Gasteiger partial charge is 0.325 e. The Morgan fingerprint density at radius 3 is 2.39 bits per heavy atom. The maximum absolute atomic E-state index is 13.1. The second kappa shape index (κ2) is 6.07. The van der Waals surface area contributed by atoms with Crippen molar-refractivity contribution in [3.63, 3.8) is 0 Å². The van der Waals surface area contributed by atoms with E-state index in [1.54, 1.807) is 59.4 Å². The van der Waals surface area contributed by atoms with Crippen molar-refractivity contribution in [2.24, 2.45) is 0 Å². The van der Waals surface area contributed by atoms with E-state index in [4.69, 9.17) is 0 Å². The van der Waals surface area contributed by atoms with Crippen LogP contribution in [0.1, 0.15) is 26.3 Å². The predicted octanol–water partition coefficient (Wildman–Crippen LogP) is 3.44. The number of pyridine rings is 1. The third-order valence-corrected chi connectivity index (χ3v) is 6.76. The SMILES string of the molecule is CN1C(=O)N(C(C)(C)C)Cc2c1cnc1c2ccn1S(=O)(=O)c1ccccc1. The van der Waals surface area contributed by atoms with Crippen molar-refractivity contribution in [2.45, 2.75) is 37.8 Å². The summed E-state index contributed by atoms with van der Waals surface area (Å²) in [4.78, 5) is 20.7. The number of hydrogen-bond acceptors (Lipinski definition) is 4. The monoisotopic (exact) mass is 398 g/mol. The van der Waals surface area contributed by atoms with E-state index in [0.29, 0.717) is 17.9 Å². The number of anilines is 1. The summed E-state index contributed by atoms with van der Waals surface area (Å²) in [5, 5.41) is 0.727. The molecule has 0 spiro atoms. The molecule has 0 bridgehead atoms. The van der Waals surface area contributed by atoms with Gasteiger partial charge in [0, 0.05) is 29.7 Å². The smallest absolute Gasteiger partial charge is 0.315 e. The highest BCUT2D eigenvalue weighted by atomic mass is 32.2. The Morgan fingerprint density at radius 1 is 1.07 bits per heavy atom. The van der Waals surface area contributed by atoms with E-state index < -0.39 is 10.0 Å². The Morgan fingerprint density at radius 2 is 1.75 bits per heavy atom. The molecule has 0 N–H and O–H groups in total. The van der Waals surface area contributed by atoms with Crippen molar-refractivity contribution in [1.82, 2.24) is 13.9 Å². The highest BCUT2D eigenvalue weighted by Crippen LogP contribution is 2.36. The average molecular weight is 398 g/mol. The van der Waals surface area contributed by atoms with Gasteiger partial charge >= 0.3 is 6.03 Å². The molecule has 0 radical (unpaired) electrons. The first-order valence-corrected chi connectivity index (χ1v) is 10.4. The fourth-order valence-electron chi connectivity index (χ4n) is 3.50. The zero-order chi connectivity index (χ0) is 20.3. The van der Waals surface area contributed by atoms with Gasteiger partial charge in [-0.3, -0.25) is 4.90 Å². The fraction of sp³-hybridized carbons (Fsp3) is 0.300. The number of carbonyl (C=O) groups excluding carboxylic acids is 1. The minimum atomic E-state index is -3.75. The molecule has 0 fully saturated rings. The lowest BCUT2D eigenvalue weighted by Gasteiger charge is -2.42. The minimum absolute atomic E-state index is 0.0995. The van der Waals surface area contributed by atoms with Crippen LogP contribution in [-0.2, 0) is 16.6 Å². The first-order valence-electron chi connectivity index (χ1n) is 8.97. The number of hydrogen-bond donors (Lipinski definition) is 0. The van der Waals surface area contributed by atoms with Gasteiger partial charge in [0.1, 0.15) is 0 Å². The number of amides is 2. The molecule has 1 aliphatic heterocycles. The van der Waals surface area contributed by atoms with Crippen molar-refractivity contribution >= 4 is 32.8 Å². The Labute approximate surface area is 164 Å². The van der Waals surface area contributed by atoms with Crippen LogP contribution >= 0.6 is 0 Å². The molecule has 3 heterocycles. The lowest BCUT2D eigenvalue weighted by Crippen LogP contribution is -2.53. The van der Waals surface area contributed by atoms with Gasteiger partial charge in [0.15, 0.2) is 5.65 Å². The van der Waals surface area contributed by atoms with Gasteiger partial charge in [0.2, 0.25) is 0 Å². The Kier molecular flexibility index (Phi) is 4.01. The standard InChI is InChI=1S/C20H22N4O3S/c1-20(2,3)23-13-16-15-10-11-24(28(26,27)14-8-6-5-7-9-14)18(15)21-12-17(16)22(4)19(23)25/h5-12H,13H2,1-4H3. The van der Waals surface area contributed by atoms with E-state index in [2.05, 4.69) is 4.98 Å². The molecule has 1 aliphatic rings. The molecular formula is C20H22N4O3S. The number of fused-ring (bicyclic) bond motifs is 3. The topological polar surface area (TPSA) is 75.5 Å². The zero-order valence-corrected chi connectivity index (χ0v) is 17.1. The number of benzene rings is 1. The van der Waals surface area contributed by atoms with Crippen molar-refractivity contribution in [1.29, 1.82) is 0 Å². The number of urea groups is 1. The van der Waals surface area contributed by atoms with Gasteiger partial charge in [-0.1, -0.05) is 18.2 Å². The summed E-state index contributed by atoms with van der Waals surface area (Å²) in [7, 11) is -2.04. The van der Waals surface area contributed by atoms with Crippen LogP contribution in [0.15, 0.2) is 53.7 Å². The third kappa shape index (κ3) is 2.67. The molecule has 0 aliphatic carbocycles. The summed E-state index contributed by atoms with van der Waals surface area (Å²) < 4.78 is 27.3. The van der Waals surface area contributed by atoms with Crippen LogP contribution in [0.5, 0.6) is 0 Å². The maximum Gasteiger partial charge on any atom is 0.325 e. The third-order valence-electron chi connectivity index (χ3n) is 5.07. The van der Waals surface area contributed by atoms with Gasteiger partial charge < -0.3 is 4.90 Å². The Bertz CT molecular complexity index is 1180. The van der Waals surface area contributed by atoms with Crippen LogP contribution in [0, 0.1) is 0 Å². The van der Waals surface area contributed by atoms with Crippen molar-refractivity contribution in [3.05, 3.63) is 54.4 Å². The molecule has 0 saturated carbocycles. The van der Waals surface area contributed by atoms with Gasteiger partial charge in [-0.15, -0.1) is 0 Å². The second-order valence-electron chi connectivity index (χ2n) is 7.89. The number of rotatable bonds is 2. The number of carbonyl (C=O) groups is 1. The molecule has 146 valence electrons. The maximum atomic E-state index is 13.1. The molecular weight excluding hydrogens is 376 g/mol. The summed E-state index contributed by atoms with van der Waals surface area (Å²) in [6.07, 6.45) is 3.10. The number of aromatic nitrogens is 2. The first-order chi connectivity index (χ1) is 13.1. The van der Waals surface area contributed by atoms with E-state index >= 15 is 0 Å².